The van der Waals surface area contributed by atoms with Crippen LogP contribution in [-0.4, -0.2) is 0 Å². The van der Waals surface area contributed by atoms with Crippen LogP contribution in [0.3, 0.4) is 0 Å². The molecule has 0 amide bonds. The maximum Gasteiger partial charge on any atom is 0.146 e. The van der Waals surface area contributed by atoms with Gasteiger partial charge < -0.3 is 0 Å². The van der Waals surface area contributed by atoms with Crippen molar-refractivity contribution in [1.82, 2.24) is 0 Å². The fraction of sp³-hybridized carbons (Fsp3) is 0.419. The number of benzene rings is 3. The smallest absolute Gasteiger partial charge is 0.146 e. The summed E-state index contributed by atoms with van der Waals surface area (Å²) in [7, 11) is 0. The van der Waals surface area contributed by atoms with E-state index in [1.54, 1.807) is 0 Å². The quantitative estimate of drug-likeness (QED) is 0.345. The molecule has 3 aromatic carbocycles. The van der Waals surface area contributed by atoms with Crippen LogP contribution in [0, 0.1) is 23.6 Å². The zero-order valence-electron chi connectivity index (χ0n) is 19.6. The number of halogens is 1. The van der Waals surface area contributed by atoms with Gasteiger partial charge in [-0.3, -0.25) is 0 Å². The largest absolute Gasteiger partial charge is 0.205 e. The second-order valence-corrected chi connectivity index (χ2v) is 9.46. The molecule has 0 nitrogen and oxygen atoms in total. The molecule has 166 valence electrons. The summed E-state index contributed by atoms with van der Waals surface area (Å²) in [5, 5.41) is 1.62. The molecule has 0 heterocycles. The number of rotatable bonds is 6. The Bertz CT molecular complexity index is 1090. The minimum atomic E-state index is -0.211. The van der Waals surface area contributed by atoms with Crippen molar-refractivity contribution in [2.24, 2.45) is 5.92 Å². The van der Waals surface area contributed by atoms with E-state index in [0.29, 0.717) is 16.9 Å². The summed E-state index contributed by atoms with van der Waals surface area (Å²) in [6.45, 7) is 4.48. The lowest BCUT2D eigenvalue weighted by Crippen LogP contribution is -2.13. The van der Waals surface area contributed by atoms with Crippen molar-refractivity contribution in [3.63, 3.8) is 0 Å². The van der Waals surface area contributed by atoms with Gasteiger partial charge in [0.2, 0.25) is 0 Å². The molecule has 3 aromatic rings. The zero-order valence-corrected chi connectivity index (χ0v) is 19.6. The molecule has 0 bridgehead atoms. The molecule has 0 N–H and O–H groups in total. The van der Waals surface area contributed by atoms with Crippen LogP contribution >= 0.6 is 0 Å². The first-order valence-electron chi connectivity index (χ1n) is 12.5. The summed E-state index contributed by atoms with van der Waals surface area (Å²) >= 11 is 0. The molecule has 0 unspecified atom stereocenters. The van der Waals surface area contributed by atoms with Gasteiger partial charge in [0, 0.05) is 10.9 Å². The summed E-state index contributed by atoms with van der Waals surface area (Å²) in [6.07, 6.45) is 11.4. The summed E-state index contributed by atoms with van der Waals surface area (Å²) in [5.74, 6) is 7.64. The lowest BCUT2D eigenvalue weighted by molar-refractivity contribution is 0.308. The number of hydrogen-bond donors (Lipinski definition) is 0. The van der Waals surface area contributed by atoms with Gasteiger partial charge in [-0.2, -0.15) is 0 Å². The summed E-state index contributed by atoms with van der Waals surface area (Å²) in [4.78, 5) is 0. The fourth-order valence-electron chi connectivity index (χ4n) is 5.15. The Morgan fingerprint density at radius 1 is 0.844 bits per heavy atom. The lowest BCUT2D eigenvalue weighted by Gasteiger charge is -2.28. The van der Waals surface area contributed by atoms with Crippen LogP contribution in [0.25, 0.3) is 10.8 Å². The molecule has 0 aliphatic heterocycles. The predicted molar refractivity (Wildman–Crippen MR) is 135 cm³/mol. The van der Waals surface area contributed by atoms with Gasteiger partial charge in [-0.1, -0.05) is 81.3 Å². The van der Waals surface area contributed by atoms with E-state index in [9.17, 15) is 0 Å². The number of unbranched alkanes of at least 4 members (excludes halogenated alkanes) is 1. The van der Waals surface area contributed by atoms with E-state index in [1.165, 1.54) is 56.1 Å². The summed E-state index contributed by atoms with van der Waals surface area (Å²) in [5.41, 5.74) is 4.12. The van der Waals surface area contributed by atoms with Gasteiger partial charge in [0.05, 0.1) is 5.56 Å². The first-order valence-corrected chi connectivity index (χ1v) is 12.5. The van der Waals surface area contributed by atoms with Crippen molar-refractivity contribution in [2.45, 2.75) is 77.6 Å². The zero-order chi connectivity index (χ0) is 22.3. The second-order valence-electron chi connectivity index (χ2n) is 9.46. The average Bonchev–Trinajstić information content (AvgIpc) is 2.83. The summed E-state index contributed by atoms with van der Waals surface area (Å²) in [6, 6.07) is 18.5. The molecule has 32 heavy (non-hydrogen) atoms. The molecule has 1 saturated carbocycles. The normalized spacial score (nSPS) is 18.3. The maximum atomic E-state index is 15.0. The van der Waals surface area contributed by atoms with Crippen molar-refractivity contribution in [1.29, 1.82) is 0 Å². The van der Waals surface area contributed by atoms with Gasteiger partial charge in [-0.05, 0) is 85.1 Å². The Labute approximate surface area is 193 Å². The first-order chi connectivity index (χ1) is 15.7. The Morgan fingerprint density at radius 2 is 1.62 bits per heavy atom. The van der Waals surface area contributed by atoms with Crippen LogP contribution < -0.4 is 0 Å². The predicted octanol–water partition coefficient (Wildman–Crippen LogP) is 8.80. The van der Waals surface area contributed by atoms with Crippen molar-refractivity contribution in [2.75, 3.05) is 0 Å². The van der Waals surface area contributed by atoms with E-state index >= 15 is 4.39 Å². The van der Waals surface area contributed by atoms with Crippen molar-refractivity contribution >= 4 is 10.8 Å². The van der Waals surface area contributed by atoms with Gasteiger partial charge in [0.15, 0.2) is 0 Å². The second kappa shape index (κ2) is 10.8. The van der Waals surface area contributed by atoms with E-state index < -0.39 is 0 Å². The third-order valence-corrected chi connectivity index (χ3v) is 7.10. The van der Waals surface area contributed by atoms with E-state index in [4.69, 9.17) is 0 Å². The van der Waals surface area contributed by atoms with Crippen LogP contribution in [0.5, 0.6) is 0 Å². The molecule has 0 saturated heterocycles. The van der Waals surface area contributed by atoms with Crippen LogP contribution in [0.15, 0.2) is 54.6 Å². The minimum absolute atomic E-state index is 0.211. The monoisotopic (exact) mass is 426 g/mol. The SMILES string of the molecule is CCCCc1ccc2c(F)c(C#Cc3ccc(C4CCC(CCC)CC4)cc3)ccc2c1. The Morgan fingerprint density at radius 3 is 2.34 bits per heavy atom. The molecule has 0 spiro atoms. The first kappa shape index (κ1) is 22.6. The number of fused-ring (bicyclic) bond motifs is 1. The highest BCUT2D eigenvalue weighted by Gasteiger charge is 2.21. The number of hydrogen-bond acceptors (Lipinski definition) is 0. The highest BCUT2D eigenvalue weighted by molar-refractivity contribution is 5.85. The highest BCUT2D eigenvalue weighted by atomic mass is 19.1. The highest BCUT2D eigenvalue weighted by Crippen LogP contribution is 2.37. The van der Waals surface area contributed by atoms with E-state index in [2.05, 4.69) is 56.0 Å². The number of aryl methyl sites for hydroxylation is 1. The fourth-order valence-corrected chi connectivity index (χ4v) is 5.15. The van der Waals surface area contributed by atoms with Crippen LogP contribution in [0.1, 0.15) is 93.4 Å². The van der Waals surface area contributed by atoms with Crippen LogP contribution in [0.4, 0.5) is 4.39 Å². The molecule has 1 fully saturated rings. The maximum absolute atomic E-state index is 15.0. The van der Waals surface area contributed by atoms with E-state index in [0.717, 1.165) is 29.7 Å². The third-order valence-electron chi connectivity index (χ3n) is 7.10. The molecule has 1 heteroatoms. The van der Waals surface area contributed by atoms with Crippen LogP contribution in [0.2, 0.25) is 0 Å². The molecular weight excluding hydrogens is 391 g/mol. The molecule has 4 rings (SSSR count). The average molecular weight is 427 g/mol. The Balaban J connectivity index is 1.45. The van der Waals surface area contributed by atoms with E-state index in [-0.39, 0.29) is 5.82 Å². The van der Waals surface area contributed by atoms with Gasteiger partial charge in [-0.15, -0.1) is 0 Å². The van der Waals surface area contributed by atoms with E-state index in [1.807, 2.05) is 24.3 Å². The molecule has 0 aromatic heterocycles. The topological polar surface area (TPSA) is 0 Å². The minimum Gasteiger partial charge on any atom is -0.205 e. The van der Waals surface area contributed by atoms with Crippen molar-refractivity contribution < 1.29 is 4.39 Å². The molecule has 0 radical (unpaired) electrons. The van der Waals surface area contributed by atoms with Gasteiger partial charge in [0.25, 0.3) is 0 Å². The van der Waals surface area contributed by atoms with Gasteiger partial charge in [-0.25, -0.2) is 4.39 Å². The van der Waals surface area contributed by atoms with Gasteiger partial charge >= 0.3 is 0 Å². The third kappa shape index (κ3) is 5.42. The molecule has 1 aliphatic carbocycles. The molecular formula is C31H35F. The van der Waals surface area contributed by atoms with Gasteiger partial charge in [0.1, 0.15) is 5.82 Å². The molecule has 1 aliphatic rings. The standard InChI is InChI=1S/C31H35F/c1-3-5-7-25-13-21-30-29(22-25)20-19-28(31(30)32)18-12-24-10-16-27(17-11-24)26-14-8-23(6-4-2)9-15-26/h10-11,13,16-17,19-23,26H,3-9,14-15H2,1-2H3. The Kier molecular flexibility index (Phi) is 7.64. The summed E-state index contributed by atoms with van der Waals surface area (Å²) < 4.78 is 15.0. The Hall–Kier alpha value is -2.59. The van der Waals surface area contributed by atoms with Crippen molar-refractivity contribution in [3.8, 4) is 11.8 Å². The van der Waals surface area contributed by atoms with Crippen LogP contribution in [-0.2, 0) is 6.42 Å². The lowest BCUT2D eigenvalue weighted by atomic mass is 9.77. The molecule has 0 atom stereocenters. The van der Waals surface area contributed by atoms with Crippen molar-refractivity contribution in [3.05, 3.63) is 82.7 Å².